The third-order valence-electron chi connectivity index (χ3n) is 2.63. The molecule has 0 amide bonds. The molecule has 1 unspecified atom stereocenters. The summed E-state index contributed by atoms with van der Waals surface area (Å²) in [6.45, 7) is 0. The van der Waals surface area contributed by atoms with Crippen molar-refractivity contribution in [2.45, 2.75) is 6.04 Å². The van der Waals surface area contributed by atoms with Crippen molar-refractivity contribution in [1.82, 2.24) is 20.2 Å². The number of nitrogens with zero attached hydrogens (tertiary/aromatic N) is 3. The van der Waals surface area contributed by atoms with Crippen molar-refractivity contribution in [3.8, 4) is 5.88 Å². The van der Waals surface area contributed by atoms with Crippen molar-refractivity contribution >= 4 is 0 Å². The topological polar surface area (TPSA) is 78.0 Å². The van der Waals surface area contributed by atoms with Gasteiger partial charge in [0, 0.05) is 25.0 Å². The van der Waals surface area contributed by atoms with Crippen molar-refractivity contribution in [1.29, 1.82) is 0 Å². The van der Waals surface area contributed by atoms with Crippen molar-refractivity contribution < 1.29 is 4.74 Å². The summed E-state index contributed by atoms with van der Waals surface area (Å²) in [5.41, 5.74) is 4.57. The first-order chi connectivity index (χ1) is 8.27. The van der Waals surface area contributed by atoms with E-state index in [0.717, 1.165) is 11.3 Å². The number of aromatic nitrogens is 3. The summed E-state index contributed by atoms with van der Waals surface area (Å²) in [6, 6.07) is 5.46. The van der Waals surface area contributed by atoms with E-state index in [0.29, 0.717) is 5.88 Å². The molecular formula is C11H15N5O. The van der Waals surface area contributed by atoms with Crippen LogP contribution in [0.1, 0.15) is 17.3 Å². The lowest BCUT2D eigenvalue weighted by Gasteiger charge is -2.18. The minimum Gasteiger partial charge on any atom is -0.481 e. The van der Waals surface area contributed by atoms with Crippen LogP contribution in [-0.2, 0) is 7.05 Å². The summed E-state index contributed by atoms with van der Waals surface area (Å²) < 4.78 is 6.99. The average Bonchev–Trinajstić information content (AvgIpc) is 2.78. The molecule has 0 aliphatic rings. The Hall–Kier alpha value is -1.92. The van der Waals surface area contributed by atoms with Crippen molar-refractivity contribution in [3.05, 3.63) is 41.9 Å². The molecule has 6 nitrogen and oxygen atoms in total. The van der Waals surface area contributed by atoms with E-state index in [9.17, 15) is 0 Å². The van der Waals surface area contributed by atoms with E-state index in [2.05, 4.69) is 15.5 Å². The molecule has 3 N–H and O–H groups in total. The molecule has 2 aromatic rings. The Morgan fingerprint density at radius 1 is 1.41 bits per heavy atom. The van der Waals surface area contributed by atoms with Gasteiger partial charge in [-0.1, -0.05) is 6.07 Å². The Bertz CT molecular complexity index is 496. The fraction of sp³-hybridized carbons (Fsp3) is 0.273. The Morgan fingerprint density at radius 2 is 2.24 bits per heavy atom. The predicted molar refractivity (Wildman–Crippen MR) is 63.2 cm³/mol. The minimum absolute atomic E-state index is 0.203. The summed E-state index contributed by atoms with van der Waals surface area (Å²) in [7, 11) is 3.45. The summed E-state index contributed by atoms with van der Waals surface area (Å²) >= 11 is 0. The zero-order valence-corrected chi connectivity index (χ0v) is 9.79. The van der Waals surface area contributed by atoms with Crippen LogP contribution in [-0.4, -0.2) is 21.9 Å². The van der Waals surface area contributed by atoms with E-state index < -0.39 is 0 Å². The van der Waals surface area contributed by atoms with Gasteiger partial charge in [-0.25, -0.2) is 10.4 Å². The summed E-state index contributed by atoms with van der Waals surface area (Å²) in [4.78, 5) is 4.16. The Balaban J connectivity index is 2.46. The zero-order valence-electron chi connectivity index (χ0n) is 9.79. The largest absolute Gasteiger partial charge is 0.481 e. The molecule has 2 heterocycles. The quantitative estimate of drug-likeness (QED) is 0.589. The fourth-order valence-corrected chi connectivity index (χ4v) is 1.80. The SMILES string of the molecule is COc1ncccc1C(NN)c1ccnn1C. The van der Waals surface area contributed by atoms with Gasteiger partial charge in [0.2, 0.25) is 5.88 Å². The van der Waals surface area contributed by atoms with Crippen LogP contribution in [0.15, 0.2) is 30.6 Å². The fourth-order valence-electron chi connectivity index (χ4n) is 1.80. The molecule has 2 rings (SSSR count). The van der Waals surface area contributed by atoms with Crippen LogP contribution >= 0.6 is 0 Å². The van der Waals surface area contributed by atoms with E-state index in [-0.39, 0.29) is 6.04 Å². The Kier molecular flexibility index (Phi) is 3.36. The Morgan fingerprint density at radius 3 is 2.82 bits per heavy atom. The maximum absolute atomic E-state index is 5.61. The highest BCUT2D eigenvalue weighted by molar-refractivity contribution is 5.34. The molecule has 0 spiro atoms. The molecule has 17 heavy (non-hydrogen) atoms. The van der Waals surface area contributed by atoms with Crippen LogP contribution in [0.2, 0.25) is 0 Å². The second-order valence-corrected chi connectivity index (χ2v) is 3.58. The van der Waals surface area contributed by atoms with E-state index in [1.165, 1.54) is 0 Å². The smallest absolute Gasteiger partial charge is 0.218 e. The number of hydrogen-bond donors (Lipinski definition) is 2. The lowest BCUT2D eigenvalue weighted by atomic mass is 10.1. The Labute approximate surface area is 99.4 Å². The third kappa shape index (κ3) is 2.13. The molecule has 2 aromatic heterocycles. The van der Waals surface area contributed by atoms with Gasteiger partial charge < -0.3 is 4.74 Å². The van der Waals surface area contributed by atoms with Crippen molar-refractivity contribution in [3.63, 3.8) is 0 Å². The van der Waals surface area contributed by atoms with Crippen molar-refractivity contribution in [2.24, 2.45) is 12.9 Å². The average molecular weight is 233 g/mol. The standard InChI is InChI=1S/C11H15N5O/c1-16-9(5-7-14-16)10(15-12)8-4-3-6-13-11(8)17-2/h3-7,10,15H,12H2,1-2H3. The van der Waals surface area contributed by atoms with Crippen molar-refractivity contribution in [2.75, 3.05) is 7.11 Å². The molecular weight excluding hydrogens is 218 g/mol. The third-order valence-corrected chi connectivity index (χ3v) is 2.63. The van der Waals surface area contributed by atoms with Crippen LogP contribution < -0.4 is 16.0 Å². The molecule has 0 aromatic carbocycles. The minimum atomic E-state index is -0.203. The molecule has 0 aliphatic heterocycles. The summed E-state index contributed by atoms with van der Waals surface area (Å²) in [5, 5.41) is 4.13. The van der Waals surface area contributed by atoms with Crippen LogP contribution in [0, 0.1) is 0 Å². The number of pyridine rings is 1. The van der Waals surface area contributed by atoms with Crippen LogP contribution in [0.4, 0.5) is 0 Å². The van der Waals surface area contributed by atoms with Gasteiger partial charge in [0.25, 0.3) is 0 Å². The molecule has 90 valence electrons. The van der Waals surface area contributed by atoms with E-state index in [1.54, 1.807) is 24.2 Å². The van der Waals surface area contributed by atoms with Crippen LogP contribution in [0.5, 0.6) is 5.88 Å². The molecule has 0 fully saturated rings. The summed E-state index contributed by atoms with van der Waals surface area (Å²) in [5.74, 6) is 6.17. The first kappa shape index (κ1) is 11.6. The number of methoxy groups -OCH3 is 1. The number of ether oxygens (including phenoxy) is 1. The second kappa shape index (κ2) is 4.94. The number of rotatable bonds is 4. The van der Waals surface area contributed by atoms with Gasteiger partial charge in [0.1, 0.15) is 0 Å². The molecule has 0 saturated carbocycles. The maximum Gasteiger partial charge on any atom is 0.218 e. The first-order valence-corrected chi connectivity index (χ1v) is 5.21. The van der Waals surface area contributed by atoms with Gasteiger partial charge in [-0.05, 0) is 12.1 Å². The highest BCUT2D eigenvalue weighted by atomic mass is 16.5. The number of aryl methyl sites for hydroxylation is 1. The number of hydrogen-bond acceptors (Lipinski definition) is 5. The second-order valence-electron chi connectivity index (χ2n) is 3.58. The van der Waals surface area contributed by atoms with Gasteiger partial charge in [0.15, 0.2) is 0 Å². The van der Waals surface area contributed by atoms with Gasteiger partial charge in [-0.15, -0.1) is 0 Å². The number of hydrazine groups is 1. The molecule has 0 radical (unpaired) electrons. The van der Waals surface area contributed by atoms with Gasteiger partial charge in [-0.3, -0.25) is 10.5 Å². The normalized spacial score (nSPS) is 12.4. The molecule has 0 saturated heterocycles. The zero-order chi connectivity index (χ0) is 12.3. The van der Waals surface area contributed by atoms with Gasteiger partial charge >= 0.3 is 0 Å². The summed E-state index contributed by atoms with van der Waals surface area (Å²) in [6.07, 6.45) is 3.40. The van der Waals surface area contributed by atoms with E-state index in [4.69, 9.17) is 10.6 Å². The maximum atomic E-state index is 5.61. The number of nitrogens with one attached hydrogen (secondary N) is 1. The lowest BCUT2D eigenvalue weighted by Crippen LogP contribution is -2.30. The van der Waals surface area contributed by atoms with Crippen LogP contribution in [0.25, 0.3) is 0 Å². The predicted octanol–water partition coefficient (Wildman–Crippen LogP) is 0.376. The van der Waals surface area contributed by atoms with E-state index >= 15 is 0 Å². The van der Waals surface area contributed by atoms with Crippen LogP contribution in [0.3, 0.4) is 0 Å². The lowest BCUT2D eigenvalue weighted by molar-refractivity contribution is 0.386. The monoisotopic (exact) mass is 233 g/mol. The number of nitrogens with two attached hydrogens (primary N) is 1. The van der Waals surface area contributed by atoms with Gasteiger partial charge in [-0.2, -0.15) is 5.10 Å². The highest BCUT2D eigenvalue weighted by Crippen LogP contribution is 2.26. The molecule has 0 bridgehead atoms. The molecule has 0 aliphatic carbocycles. The van der Waals surface area contributed by atoms with Gasteiger partial charge in [0.05, 0.1) is 18.8 Å². The molecule has 6 heteroatoms. The van der Waals surface area contributed by atoms with E-state index in [1.807, 2.05) is 25.2 Å². The molecule has 1 atom stereocenters. The highest BCUT2D eigenvalue weighted by Gasteiger charge is 2.19. The first-order valence-electron chi connectivity index (χ1n) is 5.21.